The van der Waals surface area contributed by atoms with Crippen LogP contribution in [0.25, 0.3) is 0 Å². The van der Waals surface area contributed by atoms with E-state index in [-0.39, 0.29) is 17.8 Å². The van der Waals surface area contributed by atoms with Crippen molar-refractivity contribution in [3.05, 3.63) is 56.8 Å². The minimum atomic E-state index is -0.438. The summed E-state index contributed by atoms with van der Waals surface area (Å²) < 4.78 is 11.3. The third-order valence-electron chi connectivity index (χ3n) is 5.16. The monoisotopic (exact) mass is 447 g/mol. The van der Waals surface area contributed by atoms with E-state index in [1.807, 2.05) is 31.2 Å². The van der Waals surface area contributed by atoms with Gasteiger partial charge in [-0.2, -0.15) is 0 Å². The van der Waals surface area contributed by atoms with Crippen molar-refractivity contribution in [2.45, 2.75) is 39.5 Å². The Morgan fingerprint density at radius 3 is 2.71 bits per heavy atom. The van der Waals surface area contributed by atoms with E-state index in [9.17, 15) is 9.59 Å². The summed E-state index contributed by atoms with van der Waals surface area (Å²) in [4.78, 5) is 26.1. The largest absolute Gasteiger partial charge is 0.460 e. The van der Waals surface area contributed by atoms with Crippen LogP contribution in [0.4, 0.5) is 0 Å². The number of hydrogen-bond acceptors (Lipinski definition) is 5. The van der Waals surface area contributed by atoms with Gasteiger partial charge in [-0.15, -0.1) is 0 Å². The third kappa shape index (κ3) is 4.23. The molecule has 1 aliphatic carbocycles. The highest BCUT2D eigenvalue weighted by atomic mass is 79.9. The molecular formula is C22H26BrNO4. The molecule has 0 radical (unpaired) electrons. The molecule has 28 heavy (non-hydrogen) atoms. The van der Waals surface area contributed by atoms with Gasteiger partial charge in [0.05, 0.1) is 12.2 Å². The number of esters is 1. The maximum atomic E-state index is 13.1. The van der Waals surface area contributed by atoms with E-state index in [0.717, 1.165) is 27.9 Å². The number of allylic oxidation sites excluding steroid dienone is 3. The Morgan fingerprint density at radius 2 is 2.04 bits per heavy atom. The molecule has 0 bridgehead atoms. The summed E-state index contributed by atoms with van der Waals surface area (Å²) in [6.45, 7) is 6.56. The summed E-state index contributed by atoms with van der Waals surface area (Å²) in [7, 11) is 1.56. The summed E-state index contributed by atoms with van der Waals surface area (Å²) in [5, 5.41) is 3.33. The Kier molecular flexibility index (Phi) is 6.10. The molecule has 3 rings (SSSR count). The molecule has 0 spiro atoms. The van der Waals surface area contributed by atoms with E-state index < -0.39 is 11.9 Å². The molecule has 0 saturated carbocycles. The Morgan fingerprint density at radius 1 is 1.29 bits per heavy atom. The Hall–Kier alpha value is -1.92. The second-order valence-electron chi connectivity index (χ2n) is 8.11. The summed E-state index contributed by atoms with van der Waals surface area (Å²) in [6, 6.07) is 7.76. The second-order valence-corrected chi connectivity index (χ2v) is 9.03. The van der Waals surface area contributed by atoms with Gasteiger partial charge in [0.1, 0.15) is 6.61 Å². The summed E-state index contributed by atoms with van der Waals surface area (Å²) in [5.41, 5.74) is 3.60. The van der Waals surface area contributed by atoms with Crippen molar-refractivity contribution in [1.29, 1.82) is 0 Å². The fourth-order valence-corrected chi connectivity index (χ4v) is 4.44. The molecule has 0 unspecified atom stereocenters. The number of carbonyl (C=O) groups is 2. The normalized spacial score (nSPS) is 21.3. The van der Waals surface area contributed by atoms with Crippen LogP contribution in [-0.4, -0.2) is 32.1 Å². The minimum absolute atomic E-state index is 0.0819. The SMILES string of the molecule is COCCOC(=O)C1=C(C)NC2=C(C(=O)CC(C)(C)C2)[C@H]1c1cccc(Br)c1. The first-order valence-corrected chi connectivity index (χ1v) is 10.2. The van der Waals surface area contributed by atoms with Crippen LogP contribution < -0.4 is 5.32 Å². The number of rotatable bonds is 5. The van der Waals surface area contributed by atoms with Crippen molar-refractivity contribution in [2.24, 2.45) is 5.41 Å². The van der Waals surface area contributed by atoms with Crippen molar-refractivity contribution >= 4 is 27.7 Å². The molecule has 150 valence electrons. The standard InChI is InChI=1S/C22H26BrNO4/c1-13-18(21(26)28-9-8-27-4)19(14-6-5-7-15(23)10-14)20-16(24-13)11-22(2,3)12-17(20)25/h5-7,10,19,24H,8-9,11-12H2,1-4H3/t19-/m0/s1. The molecule has 0 fully saturated rings. The fourth-order valence-electron chi connectivity index (χ4n) is 4.02. The van der Waals surface area contributed by atoms with Gasteiger partial charge in [-0.25, -0.2) is 4.79 Å². The number of ether oxygens (including phenoxy) is 2. The Labute approximate surface area is 174 Å². The highest BCUT2D eigenvalue weighted by Crippen LogP contribution is 2.47. The van der Waals surface area contributed by atoms with Gasteiger partial charge in [0, 0.05) is 40.9 Å². The maximum absolute atomic E-state index is 13.1. The van der Waals surface area contributed by atoms with E-state index >= 15 is 0 Å². The van der Waals surface area contributed by atoms with Crippen molar-refractivity contribution < 1.29 is 19.1 Å². The number of Topliss-reactive ketones (excluding diaryl/α,β-unsaturated/α-hetero) is 1. The van der Waals surface area contributed by atoms with Crippen LogP contribution in [0.2, 0.25) is 0 Å². The molecule has 1 atom stereocenters. The van der Waals surface area contributed by atoms with Gasteiger partial charge in [-0.05, 0) is 36.5 Å². The zero-order valence-electron chi connectivity index (χ0n) is 16.7. The van der Waals surface area contributed by atoms with Gasteiger partial charge < -0.3 is 14.8 Å². The molecule has 1 N–H and O–H groups in total. The lowest BCUT2D eigenvalue weighted by Crippen LogP contribution is -2.38. The number of methoxy groups -OCH3 is 1. The molecular weight excluding hydrogens is 422 g/mol. The first-order chi connectivity index (χ1) is 13.2. The van der Waals surface area contributed by atoms with Crippen LogP contribution >= 0.6 is 15.9 Å². The van der Waals surface area contributed by atoms with Crippen molar-refractivity contribution in [2.75, 3.05) is 20.3 Å². The predicted molar refractivity (Wildman–Crippen MR) is 111 cm³/mol. The van der Waals surface area contributed by atoms with Gasteiger partial charge in [0.2, 0.25) is 0 Å². The molecule has 1 heterocycles. The van der Waals surface area contributed by atoms with Gasteiger partial charge in [0.15, 0.2) is 5.78 Å². The smallest absolute Gasteiger partial charge is 0.336 e. The fraction of sp³-hybridized carbons (Fsp3) is 0.455. The lowest BCUT2D eigenvalue weighted by Gasteiger charge is -2.39. The van der Waals surface area contributed by atoms with Crippen LogP contribution in [0.15, 0.2) is 51.3 Å². The molecule has 5 nitrogen and oxygen atoms in total. The van der Waals surface area contributed by atoms with E-state index in [4.69, 9.17) is 9.47 Å². The third-order valence-corrected chi connectivity index (χ3v) is 5.66. The number of dihydropyridines is 1. The first kappa shape index (κ1) is 20.8. The number of ketones is 1. The highest BCUT2D eigenvalue weighted by Gasteiger charge is 2.43. The van der Waals surface area contributed by atoms with Gasteiger partial charge in [-0.3, -0.25) is 4.79 Å². The average Bonchev–Trinajstić information content (AvgIpc) is 2.59. The zero-order chi connectivity index (χ0) is 20.5. The van der Waals surface area contributed by atoms with Crippen LogP contribution in [0, 0.1) is 5.41 Å². The summed E-state index contributed by atoms with van der Waals surface area (Å²) in [5.74, 6) is -0.776. The van der Waals surface area contributed by atoms with Gasteiger partial charge >= 0.3 is 5.97 Å². The number of hydrogen-bond donors (Lipinski definition) is 1. The van der Waals surface area contributed by atoms with E-state index in [1.165, 1.54) is 0 Å². The molecule has 1 aromatic rings. The van der Waals surface area contributed by atoms with Crippen LogP contribution in [-0.2, 0) is 19.1 Å². The molecule has 2 aliphatic rings. The van der Waals surface area contributed by atoms with E-state index in [2.05, 4.69) is 35.1 Å². The number of benzene rings is 1. The van der Waals surface area contributed by atoms with Crippen molar-refractivity contribution in [3.8, 4) is 0 Å². The topological polar surface area (TPSA) is 64.6 Å². The quantitative estimate of drug-likeness (QED) is 0.539. The van der Waals surface area contributed by atoms with Crippen molar-refractivity contribution in [3.63, 3.8) is 0 Å². The molecule has 0 amide bonds. The predicted octanol–water partition coefficient (Wildman–Crippen LogP) is 4.24. The van der Waals surface area contributed by atoms with Crippen LogP contribution in [0.3, 0.4) is 0 Å². The Balaban J connectivity index is 2.09. The summed E-state index contributed by atoms with van der Waals surface area (Å²) in [6.07, 6.45) is 1.23. The first-order valence-electron chi connectivity index (χ1n) is 9.39. The zero-order valence-corrected chi connectivity index (χ0v) is 18.3. The maximum Gasteiger partial charge on any atom is 0.336 e. The minimum Gasteiger partial charge on any atom is -0.460 e. The molecule has 1 aliphatic heterocycles. The molecule has 0 saturated heterocycles. The Bertz CT molecular complexity index is 869. The van der Waals surface area contributed by atoms with Crippen LogP contribution in [0.5, 0.6) is 0 Å². The van der Waals surface area contributed by atoms with E-state index in [1.54, 1.807) is 7.11 Å². The molecule has 1 aromatic carbocycles. The highest BCUT2D eigenvalue weighted by molar-refractivity contribution is 9.10. The molecule has 6 heteroatoms. The lowest BCUT2D eigenvalue weighted by molar-refractivity contribution is -0.140. The number of carbonyl (C=O) groups excluding carboxylic acids is 2. The molecule has 0 aromatic heterocycles. The van der Waals surface area contributed by atoms with E-state index in [0.29, 0.717) is 24.2 Å². The second kappa shape index (κ2) is 8.21. The average molecular weight is 448 g/mol. The van der Waals surface area contributed by atoms with Gasteiger partial charge in [0.25, 0.3) is 0 Å². The van der Waals surface area contributed by atoms with Gasteiger partial charge in [-0.1, -0.05) is 41.9 Å². The lowest BCUT2D eigenvalue weighted by atomic mass is 9.68. The summed E-state index contributed by atoms with van der Waals surface area (Å²) >= 11 is 3.51. The number of nitrogens with one attached hydrogen (secondary N) is 1. The van der Waals surface area contributed by atoms with Crippen molar-refractivity contribution in [1.82, 2.24) is 5.32 Å². The van der Waals surface area contributed by atoms with Crippen LogP contribution in [0.1, 0.15) is 45.1 Å². The number of halogens is 1.